The van der Waals surface area contributed by atoms with Crippen molar-refractivity contribution in [3.63, 3.8) is 0 Å². The molecule has 156 valence electrons. The topological polar surface area (TPSA) is 61.5 Å². The molecule has 7 heteroatoms. The maximum absolute atomic E-state index is 12.9. The van der Waals surface area contributed by atoms with E-state index in [0.29, 0.717) is 31.3 Å². The first-order valence-electron chi connectivity index (χ1n) is 10.5. The average molecular weight is 425 g/mol. The number of aromatic nitrogens is 2. The molecule has 3 heterocycles. The third kappa shape index (κ3) is 3.66. The van der Waals surface area contributed by atoms with Crippen molar-refractivity contribution in [2.45, 2.75) is 13.3 Å². The Kier molecular flexibility index (Phi) is 5.13. The number of hydrogen-bond acceptors (Lipinski definition) is 4. The first-order chi connectivity index (χ1) is 14.6. The number of fused-ring (bicyclic) bond motifs is 1. The summed E-state index contributed by atoms with van der Waals surface area (Å²) < 4.78 is 5.37. The number of aryl methyl sites for hydroxylation is 1. The highest BCUT2D eigenvalue weighted by molar-refractivity contribution is 6.33. The number of carbonyl (C=O) groups is 1. The molecule has 2 aliphatic heterocycles. The number of ether oxygens (including phenoxy) is 1. The molecule has 1 N–H and O–H groups in total. The smallest absolute Gasteiger partial charge is 0.227 e. The molecular weight excluding hydrogens is 400 g/mol. The number of nitrogens with one attached hydrogen (secondary N) is 1. The second kappa shape index (κ2) is 7.93. The Balaban J connectivity index is 1.37. The van der Waals surface area contributed by atoms with E-state index in [0.717, 1.165) is 47.6 Å². The van der Waals surface area contributed by atoms with E-state index in [1.54, 1.807) is 0 Å². The number of anilines is 1. The molecule has 2 aliphatic rings. The van der Waals surface area contributed by atoms with Crippen molar-refractivity contribution in [2.24, 2.45) is 5.92 Å². The van der Waals surface area contributed by atoms with Gasteiger partial charge in [0.05, 0.1) is 35.2 Å². The van der Waals surface area contributed by atoms with Gasteiger partial charge in [-0.1, -0.05) is 17.7 Å². The van der Waals surface area contributed by atoms with Crippen LogP contribution in [0.2, 0.25) is 5.02 Å². The second-order valence-electron chi connectivity index (χ2n) is 8.14. The third-order valence-electron chi connectivity index (χ3n) is 6.07. The maximum Gasteiger partial charge on any atom is 0.227 e. The van der Waals surface area contributed by atoms with Crippen LogP contribution in [-0.2, 0) is 9.53 Å². The van der Waals surface area contributed by atoms with Crippen LogP contribution < -0.4 is 4.90 Å². The quantitative estimate of drug-likeness (QED) is 0.693. The van der Waals surface area contributed by atoms with E-state index >= 15 is 0 Å². The fourth-order valence-electron chi connectivity index (χ4n) is 4.38. The molecule has 0 bridgehead atoms. The third-order valence-corrected chi connectivity index (χ3v) is 6.40. The SMILES string of the molecule is Cc1ccc2nc(-c3cc(N4CCC(C(=O)N5CCOCC5)C4)ccc3Cl)[nH]c2c1. The number of hydrogen-bond donors (Lipinski definition) is 1. The van der Waals surface area contributed by atoms with E-state index < -0.39 is 0 Å². The van der Waals surface area contributed by atoms with Gasteiger partial charge in [-0.15, -0.1) is 0 Å². The van der Waals surface area contributed by atoms with E-state index in [-0.39, 0.29) is 11.8 Å². The van der Waals surface area contributed by atoms with Crippen molar-refractivity contribution in [1.29, 1.82) is 0 Å². The molecule has 5 rings (SSSR count). The summed E-state index contributed by atoms with van der Waals surface area (Å²) in [6.45, 7) is 6.34. The zero-order chi connectivity index (χ0) is 20.7. The minimum atomic E-state index is 0.0383. The van der Waals surface area contributed by atoms with Crippen LogP contribution in [0.4, 0.5) is 5.69 Å². The fourth-order valence-corrected chi connectivity index (χ4v) is 4.59. The molecule has 0 spiro atoms. The normalized spacial score (nSPS) is 19.6. The first-order valence-corrected chi connectivity index (χ1v) is 10.8. The summed E-state index contributed by atoms with van der Waals surface area (Å²) in [5.41, 5.74) is 5.07. The lowest BCUT2D eigenvalue weighted by atomic mass is 10.1. The molecule has 2 aromatic carbocycles. The molecule has 1 unspecified atom stereocenters. The number of nitrogens with zero attached hydrogens (tertiary/aromatic N) is 3. The Morgan fingerprint density at radius 2 is 2.00 bits per heavy atom. The van der Waals surface area contributed by atoms with Crippen LogP contribution in [0.5, 0.6) is 0 Å². The average Bonchev–Trinajstić information content (AvgIpc) is 3.41. The van der Waals surface area contributed by atoms with Crippen molar-refractivity contribution >= 4 is 34.2 Å². The predicted molar refractivity (Wildman–Crippen MR) is 119 cm³/mol. The monoisotopic (exact) mass is 424 g/mol. The summed E-state index contributed by atoms with van der Waals surface area (Å²) in [7, 11) is 0. The molecule has 1 atom stereocenters. The van der Waals surface area contributed by atoms with Crippen LogP contribution >= 0.6 is 11.6 Å². The van der Waals surface area contributed by atoms with Crippen molar-refractivity contribution in [1.82, 2.24) is 14.9 Å². The fraction of sp³-hybridized carbons (Fsp3) is 0.391. The Morgan fingerprint density at radius 1 is 1.17 bits per heavy atom. The predicted octanol–water partition coefficient (Wildman–Crippen LogP) is 3.88. The van der Waals surface area contributed by atoms with Crippen LogP contribution in [-0.4, -0.2) is 60.2 Å². The molecule has 0 saturated carbocycles. The van der Waals surface area contributed by atoms with Crippen molar-refractivity contribution in [3.8, 4) is 11.4 Å². The summed E-state index contributed by atoms with van der Waals surface area (Å²) >= 11 is 6.53. The lowest BCUT2D eigenvalue weighted by Gasteiger charge is -2.29. The minimum Gasteiger partial charge on any atom is -0.378 e. The Hall–Kier alpha value is -2.57. The van der Waals surface area contributed by atoms with Gasteiger partial charge in [-0.2, -0.15) is 0 Å². The molecule has 1 amide bonds. The van der Waals surface area contributed by atoms with E-state index in [9.17, 15) is 4.79 Å². The highest BCUT2D eigenvalue weighted by atomic mass is 35.5. The van der Waals surface area contributed by atoms with Gasteiger partial charge in [0, 0.05) is 37.4 Å². The molecule has 0 radical (unpaired) electrons. The number of carbonyl (C=O) groups excluding carboxylic acids is 1. The van der Waals surface area contributed by atoms with Crippen LogP contribution in [0.1, 0.15) is 12.0 Å². The van der Waals surface area contributed by atoms with Gasteiger partial charge < -0.3 is 19.5 Å². The van der Waals surface area contributed by atoms with Crippen molar-refractivity contribution in [3.05, 3.63) is 47.0 Å². The number of H-pyrrole nitrogens is 1. The van der Waals surface area contributed by atoms with Gasteiger partial charge in [-0.25, -0.2) is 4.98 Å². The second-order valence-corrected chi connectivity index (χ2v) is 8.55. The molecule has 0 aliphatic carbocycles. The van der Waals surface area contributed by atoms with Crippen LogP contribution in [0.15, 0.2) is 36.4 Å². The van der Waals surface area contributed by atoms with Crippen LogP contribution in [0.3, 0.4) is 0 Å². The summed E-state index contributed by atoms with van der Waals surface area (Å²) in [5.74, 6) is 1.06. The molecule has 30 heavy (non-hydrogen) atoms. The molecular formula is C23H25ClN4O2. The summed E-state index contributed by atoms with van der Waals surface area (Å²) in [4.78, 5) is 25.2. The molecule has 2 fully saturated rings. The van der Waals surface area contributed by atoms with Gasteiger partial charge in [-0.05, 0) is 49.2 Å². The largest absolute Gasteiger partial charge is 0.378 e. The lowest BCUT2D eigenvalue weighted by molar-refractivity contribution is -0.138. The number of morpholine rings is 1. The Bertz CT molecular complexity index is 1090. The standard InChI is InChI=1S/C23H25ClN4O2/c1-15-2-5-20-21(12-15)26-22(25-20)18-13-17(3-4-19(18)24)28-7-6-16(14-28)23(29)27-8-10-30-11-9-27/h2-5,12-13,16H,6-11,14H2,1H3,(H,25,26). The molecule has 6 nitrogen and oxygen atoms in total. The summed E-state index contributed by atoms with van der Waals surface area (Å²) in [6, 6.07) is 12.2. The number of aromatic amines is 1. The lowest BCUT2D eigenvalue weighted by Crippen LogP contribution is -2.44. The number of halogens is 1. The van der Waals surface area contributed by atoms with Gasteiger partial charge in [0.15, 0.2) is 0 Å². The van der Waals surface area contributed by atoms with Gasteiger partial charge in [0.1, 0.15) is 5.82 Å². The van der Waals surface area contributed by atoms with Crippen LogP contribution in [0, 0.1) is 12.8 Å². The Labute approximate surface area is 180 Å². The number of benzene rings is 2. The highest BCUT2D eigenvalue weighted by Gasteiger charge is 2.32. The summed E-state index contributed by atoms with van der Waals surface area (Å²) in [6.07, 6.45) is 0.873. The van der Waals surface area contributed by atoms with E-state index in [1.807, 2.05) is 23.1 Å². The van der Waals surface area contributed by atoms with Crippen molar-refractivity contribution in [2.75, 3.05) is 44.3 Å². The first kappa shape index (κ1) is 19.4. The maximum atomic E-state index is 12.9. The Morgan fingerprint density at radius 3 is 2.83 bits per heavy atom. The van der Waals surface area contributed by atoms with E-state index in [1.165, 1.54) is 5.56 Å². The van der Waals surface area contributed by atoms with Gasteiger partial charge in [-0.3, -0.25) is 4.79 Å². The number of imidazole rings is 1. The molecule has 1 aromatic heterocycles. The van der Waals surface area contributed by atoms with Gasteiger partial charge >= 0.3 is 0 Å². The molecule has 3 aromatic rings. The van der Waals surface area contributed by atoms with Gasteiger partial charge in [0.25, 0.3) is 0 Å². The van der Waals surface area contributed by atoms with Crippen LogP contribution in [0.25, 0.3) is 22.4 Å². The number of rotatable bonds is 3. The zero-order valence-corrected chi connectivity index (χ0v) is 17.8. The highest BCUT2D eigenvalue weighted by Crippen LogP contribution is 2.34. The zero-order valence-electron chi connectivity index (χ0n) is 17.0. The number of amides is 1. The van der Waals surface area contributed by atoms with Gasteiger partial charge in [0.2, 0.25) is 5.91 Å². The minimum absolute atomic E-state index is 0.0383. The molecule has 2 saturated heterocycles. The van der Waals surface area contributed by atoms with E-state index in [2.05, 4.69) is 35.0 Å². The summed E-state index contributed by atoms with van der Waals surface area (Å²) in [5, 5.41) is 0.662. The van der Waals surface area contributed by atoms with Crippen molar-refractivity contribution < 1.29 is 9.53 Å². The van der Waals surface area contributed by atoms with E-state index in [4.69, 9.17) is 21.3 Å².